The van der Waals surface area contributed by atoms with Crippen molar-refractivity contribution in [3.63, 3.8) is 0 Å². The summed E-state index contributed by atoms with van der Waals surface area (Å²) in [5.41, 5.74) is -1.81. The standard InChI is InChI=1S/C18H22B5F2NO3/c19-17(20,21)26(18(22,23)28)9-6-15(27)13-2-1-3-14(10-13)29-11-12-4-7-16(24,25)8-5-12/h1-3,10,12,15,27-28H,4-9,11H2. The van der Waals surface area contributed by atoms with E-state index in [0.29, 0.717) is 30.8 Å². The van der Waals surface area contributed by atoms with Crippen LogP contribution in [0.15, 0.2) is 24.3 Å². The topological polar surface area (TPSA) is 52.9 Å². The van der Waals surface area contributed by atoms with Gasteiger partial charge in [0.1, 0.15) is 21.4 Å². The van der Waals surface area contributed by atoms with Crippen LogP contribution in [0.25, 0.3) is 0 Å². The van der Waals surface area contributed by atoms with Crippen LogP contribution in [0, 0.1) is 5.92 Å². The van der Waals surface area contributed by atoms with Gasteiger partial charge in [-0.25, -0.2) is 8.78 Å². The smallest absolute Gasteiger partial charge is 0.248 e. The Balaban J connectivity index is 1.91. The second-order valence-electron chi connectivity index (χ2n) is 7.81. The molecule has 0 amide bonds. The first-order valence-electron chi connectivity index (χ1n) is 9.51. The van der Waals surface area contributed by atoms with E-state index < -0.39 is 22.8 Å². The van der Waals surface area contributed by atoms with Crippen LogP contribution in [0.2, 0.25) is 0 Å². The first-order valence-corrected chi connectivity index (χ1v) is 9.51. The molecular formula is C18H22B5F2NO3. The number of aliphatic hydroxyl groups excluding tert-OH is 1. The van der Waals surface area contributed by atoms with Crippen LogP contribution in [0.1, 0.15) is 43.8 Å². The minimum atomic E-state index is -2.57. The van der Waals surface area contributed by atoms with Crippen LogP contribution in [-0.4, -0.2) is 84.2 Å². The number of benzene rings is 1. The molecule has 4 nitrogen and oxygen atoms in total. The van der Waals surface area contributed by atoms with Gasteiger partial charge in [0.05, 0.1) is 36.2 Å². The number of halogens is 2. The highest BCUT2D eigenvalue weighted by Gasteiger charge is 2.35. The SMILES string of the molecule is [B]C([B])([B])N(CCC(O)c1cccc(OCC2CCC(F)(F)CC2)c1)C([B])([B])O. The molecule has 11 heteroatoms. The lowest BCUT2D eigenvalue weighted by atomic mass is 9.46. The third-order valence-corrected chi connectivity index (χ3v) is 5.09. The van der Waals surface area contributed by atoms with Crippen LogP contribution in [0.3, 0.4) is 0 Å². The zero-order valence-electron chi connectivity index (χ0n) is 16.3. The Morgan fingerprint density at radius 3 is 2.34 bits per heavy atom. The summed E-state index contributed by atoms with van der Waals surface area (Å²) in [6.45, 7) is 0.252. The van der Waals surface area contributed by atoms with Gasteiger partial charge < -0.3 is 19.8 Å². The van der Waals surface area contributed by atoms with Crippen molar-refractivity contribution in [3.8, 4) is 5.75 Å². The Morgan fingerprint density at radius 2 is 1.79 bits per heavy atom. The number of hydrogen-bond donors (Lipinski definition) is 2. The van der Waals surface area contributed by atoms with Crippen molar-refractivity contribution in [1.82, 2.24) is 4.90 Å². The van der Waals surface area contributed by atoms with Crippen LogP contribution in [0.4, 0.5) is 8.78 Å². The Labute approximate surface area is 177 Å². The summed E-state index contributed by atoms with van der Waals surface area (Å²) in [5.74, 6) is -1.96. The van der Waals surface area contributed by atoms with Crippen molar-refractivity contribution < 1.29 is 23.7 Å². The molecule has 1 atom stereocenters. The van der Waals surface area contributed by atoms with Crippen molar-refractivity contribution in [3.05, 3.63) is 29.8 Å². The summed E-state index contributed by atoms with van der Waals surface area (Å²) in [6, 6.07) is 6.79. The molecule has 0 saturated heterocycles. The van der Waals surface area contributed by atoms with Crippen LogP contribution < -0.4 is 4.74 Å². The average molecular weight is 392 g/mol. The number of alkyl halides is 2. The molecule has 0 heterocycles. The molecule has 0 aromatic heterocycles. The highest BCUT2D eigenvalue weighted by Crippen LogP contribution is 2.36. The molecule has 1 aliphatic carbocycles. The lowest BCUT2D eigenvalue weighted by Crippen LogP contribution is -2.63. The molecule has 1 aromatic rings. The Hall–Kier alpha value is -0.915. The molecule has 2 N–H and O–H groups in total. The molecule has 1 fully saturated rings. The molecule has 2 rings (SSSR count). The van der Waals surface area contributed by atoms with E-state index in [1.165, 1.54) is 0 Å². The number of ether oxygens (including phenoxy) is 1. The minimum Gasteiger partial charge on any atom is -0.493 e. The summed E-state index contributed by atoms with van der Waals surface area (Å²) in [5, 5.41) is 18.2. The van der Waals surface area contributed by atoms with E-state index in [1.54, 1.807) is 24.3 Å². The van der Waals surface area contributed by atoms with Gasteiger partial charge in [0.2, 0.25) is 5.92 Å². The van der Waals surface area contributed by atoms with Crippen molar-refractivity contribution in [2.24, 2.45) is 5.92 Å². The van der Waals surface area contributed by atoms with Crippen molar-refractivity contribution in [1.29, 1.82) is 0 Å². The zero-order valence-corrected chi connectivity index (χ0v) is 16.3. The average Bonchev–Trinajstić information content (AvgIpc) is 2.58. The predicted molar refractivity (Wildman–Crippen MR) is 112 cm³/mol. The fraction of sp³-hybridized carbons (Fsp3) is 0.667. The van der Waals surface area contributed by atoms with Gasteiger partial charge in [-0.3, -0.25) is 0 Å². The van der Waals surface area contributed by atoms with Crippen LogP contribution >= 0.6 is 0 Å². The van der Waals surface area contributed by atoms with Gasteiger partial charge in [-0.05, 0) is 42.9 Å². The fourth-order valence-corrected chi connectivity index (χ4v) is 3.39. The highest BCUT2D eigenvalue weighted by molar-refractivity contribution is 6.59. The van der Waals surface area contributed by atoms with Gasteiger partial charge in [0.25, 0.3) is 0 Å². The van der Waals surface area contributed by atoms with Gasteiger partial charge in [-0.15, -0.1) is 0 Å². The number of aliphatic hydroxyl groups is 2. The van der Waals surface area contributed by atoms with Gasteiger partial charge >= 0.3 is 0 Å². The maximum absolute atomic E-state index is 13.2. The molecule has 146 valence electrons. The molecular weight excluding hydrogens is 370 g/mol. The van der Waals surface area contributed by atoms with Gasteiger partial charge in [-0.2, -0.15) is 0 Å². The lowest BCUT2D eigenvalue weighted by molar-refractivity contribution is -0.0498. The van der Waals surface area contributed by atoms with E-state index >= 15 is 0 Å². The molecule has 29 heavy (non-hydrogen) atoms. The first-order chi connectivity index (χ1) is 13.3. The lowest BCUT2D eigenvalue weighted by Gasteiger charge is -2.47. The molecule has 1 aliphatic rings. The van der Waals surface area contributed by atoms with Gasteiger partial charge in [0, 0.05) is 24.9 Å². The number of nitrogens with zero attached hydrogens (tertiary/aromatic N) is 1. The van der Waals surface area contributed by atoms with E-state index in [0.717, 1.165) is 4.90 Å². The van der Waals surface area contributed by atoms with E-state index in [1.807, 2.05) is 0 Å². The summed E-state index contributed by atoms with van der Waals surface area (Å²) in [6.07, 6.45) is -0.271. The minimum absolute atomic E-state index is 0.0746. The molecule has 1 aromatic carbocycles. The third-order valence-electron chi connectivity index (χ3n) is 5.09. The molecule has 1 saturated carbocycles. The quantitative estimate of drug-likeness (QED) is 0.479. The molecule has 1 unspecified atom stereocenters. The van der Waals surface area contributed by atoms with Crippen LogP contribution in [0.5, 0.6) is 5.75 Å². The molecule has 0 spiro atoms. The zero-order chi connectivity index (χ0) is 21.9. The fourth-order valence-electron chi connectivity index (χ4n) is 3.39. The molecule has 0 aliphatic heterocycles. The van der Waals surface area contributed by atoms with Crippen molar-refractivity contribution in [2.45, 2.75) is 54.9 Å². The normalized spacial score (nSPS) is 19.2. The van der Waals surface area contributed by atoms with E-state index in [4.69, 9.17) is 44.0 Å². The van der Waals surface area contributed by atoms with Crippen molar-refractivity contribution in [2.75, 3.05) is 13.2 Å². The number of rotatable bonds is 9. The maximum atomic E-state index is 13.2. The highest BCUT2D eigenvalue weighted by atomic mass is 19.3. The van der Waals surface area contributed by atoms with E-state index in [9.17, 15) is 19.0 Å². The predicted octanol–water partition coefficient (Wildman–Crippen LogP) is 0.674. The summed E-state index contributed by atoms with van der Waals surface area (Å²) in [7, 11) is 27.5. The molecule has 10 radical (unpaired) electrons. The van der Waals surface area contributed by atoms with Crippen molar-refractivity contribution >= 4 is 39.2 Å². The first kappa shape index (κ1) is 24.4. The summed E-state index contributed by atoms with van der Waals surface area (Å²) < 4.78 is 32.2. The number of hydrogen-bond acceptors (Lipinski definition) is 4. The van der Waals surface area contributed by atoms with Gasteiger partial charge in [0.15, 0.2) is 0 Å². The maximum Gasteiger partial charge on any atom is 0.248 e. The third kappa shape index (κ3) is 7.69. The Morgan fingerprint density at radius 1 is 1.17 bits per heavy atom. The van der Waals surface area contributed by atoms with Gasteiger partial charge in [-0.1, -0.05) is 17.4 Å². The molecule has 0 bridgehead atoms. The monoisotopic (exact) mass is 393 g/mol. The summed E-state index contributed by atoms with van der Waals surface area (Å²) >= 11 is 0. The second-order valence-corrected chi connectivity index (χ2v) is 7.81. The largest absolute Gasteiger partial charge is 0.493 e. The summed E-state index contributed by atoms with van der Waals surface area (Å²) in [4.78, 5) is 0.850. The van der Waals surface area contributed by atoms with E-state index in [2.05, 4.69) is 0 Å². The van der Waals surface area contributed by atoms with E-state index in [-0.39, 0.29) is 31.7 Å². The Bertz CT molecular complexity index is 646. The second kappa shape index (κ2) is 9.48. The van der Waals surface area contributed by atoms with Crippen LogP contribution in [-0.2, 0) is 0 Å². The Kier molecular flexibility index (Phi) is 7.96.